The van der Waals surface area contributed by atoms with Crippen molar-refractivity contribution in [3.05, 3.63) is 59.8 Å². The van der Waals surface area contributed by atoms with Crippen molar-refractivity contribution in [2.75, 3.05) is 7.11 Å². The molecule has 1 aromatic carbocycles. The molecule has 0 amide bonds. The van der Waals surface area contributed by atoms with E-state index < -0.39 is 0 Å². The first-order chi connectivity index (χ1) is 11.1. The van der Waals surface area contributed by atoms with E-state index in [9.17, 15) is 4.79 Å². The number of esters is 1. The van der Waals surface area contributed by atoms with E-state index in [-0.39, 0.29) is 12.0 Å². The van der Waals surface area contributed by atoms with Crippen molar-refractivity contribution in [3.8, 4) is 5.69 Å². The van der Waals surface area contributed by atoms with E-state index >= 15 is 0 Å². The van der Waals surface area contributed by atoms with Gasteiger partial charge in [0.1, 0.15) is 0 Å². The molecule has 0 saturated carbocycles. The third-order valence-electron chi connectivity index (χ3n) is 3.70. The van der Waals surface area contributed by atoms with Crippen molar-refractivity contribution in [1.82, 2.24) is 20.2 Å². The van der Waals surface area contributed by atoms with Gasteiger partial charge in [-0.15, -0.1) is 0 Å². The van der Waals surface area contributed by atoms with Crippen molar-refractivity contribution < 1.29 is 9.53 Å². The second-order valence-electron chi connectivity index (χ2n) is 5.12. The van der Waals surface area contributed by atoms with Crippen LogP contribution >= 0.6 is 12.2 Å². The Morgan fingerprint density at radius 2 is 2.09 bits per heavy atom. The lowest BCUT2D eigenvalue weighted by Crippen LogP contribution is -2.45. The Balaban J connectivity index is 1.97. The Kier molecular flexibility index (Phi) is 4.12. The third kappa shape index (κ3) is 2.95. The van der Waals surface area contributed by atoms with Crippen LogP contribution in [-0.4, -0.2) is 27.7 Å². The largest absolute Gasteiger partial charge is 0.466 e. The molecule has 0 aliphatic carbocycles. The minimum atomic E-state index is -0.381. The van der Waals surface area contributed by atoms with E-state index in [0.717, 1.165) is 11.3 Å². The minimum absolute atomic E-state index is 0.340. The molecule has 118 valence electrons. The number of benzene rings is 1. The van der Waals surface area contributed by atoms with Crippen LogP contribution in [0.1, 0.15) is 18.5 Å². The van der Waals surface area contributed by atoms with Gasteiger partial charge in [-0.3, -0.25) is 0 Å². The average molecular weight is 328 g/mol. The van der Waals surface area contributed by atoms with Crippen molar-refractivity contribution in [2.45, 2.75) is 13.0 Å². The van der Waals surface area contributed by atoms with Crippen LogP contribution in [0.5, 0.6) is 0 Å². The molecular formula is C16H16N4O2S. The quantitative estimate of drug-likeness (QED) is 0.662. The van der Waals surface area contributed by atoms with Crippen molar-refractivity contribution in [1.29, 1.82) is 0 Å². The predicted octanol–water partition coefficient (Wildman–Crippen LogP) is 1.84. The van der Waals surface area contributed by atoms with Crippen molar-refractivity contribution in [2.24, 2.45) is 0 Å². The molecule has 0 radical (unpaired) electrons. The Morgan fingerprint density at radius 1 is 1.35 bits per heavy atom. The van der Waals surface area contributed by atoms with E-state index in [1.54, 1.807) is 12.5 Å². The molecule has 2 N–H and O–H groups in total. The normalized spacial score (nSPS) is 17.5. The van der Waals surface area contributed by atoms with Crippen LogP contribution in [0.15, 0.2) is 54.3 Å². The number of aromatic nitrogens is 2. The predicted molar refractivity (Wildman–Crippen MR) is 89.9 cm³/mol. The van der Waals surface area contributed by atoms with Crippen molar-refractivity contribution in [3.63, 3.8) is 0 Å². The molecule has 7 heteroatoms. The summed E-state index contributed by atoms with van der Waals surface area (Å²) in [6.45, 7) is 1.81. The molecule has 0 bridgehead atoms. The SMILES string of the molecule is COC(=O)C1=C(C)NC(=S)N[C@@H]1c1ccc(-n2ccnc2)cc1. The Labute approximate surface area is 139 Å². The number of nitrogens with one attached hydrogen (secondary N) is 2. The van der Waals surface area contributed by atoms with Gasteiger partial charge in [0, 0.05) is 23.8 Å². The molecule has 1 aliphatic rings. The highest BCUT2D eigenvalue weighted by Gasteiger charge is 2.30. The van der Waals surface area contributed by atoms with E-state index in [2.05, 4.69) is 15.6 Å². The number of hydrogen-bond acceptors (Lipinski definition) is 4. The molecule has 23 heavy (non-hydrogen) atoms. The van der Waals surface area contributed by atoms with Crippen LogP contribution in [0.25, 0.3) is 5.69 Å². The number of hydrogen-bond donors (Lipinski definition) is 2. The van der Waals surface area contributed by atoms with Crippen molar-refractivity contribution >= 4 is 23.3 Å². The molecule has 0 unspecified atom stereocenters. The first kappa shape index (κ1) is 15.2. The Hall–Kier alpha value is -2.67. The molecule has 1 atom stereocenters. The molecule has 0 saturated heterocycles. The molecule has 6 nitrogen and oxygen atoms in total. The number of methoxy groups -OCH3 is 1. The number of rotatable bonds is 3. The maximum Gasteiger partial charge on any atom is 0.337 e. The van der Waals surface area contributed by atoms with Crippen LogP contribution in [0.3, 0.4) is 0 Å². The van der Waals surface area contributed by atoms with E-state index in [1.807, 2.05) is 42.0 Å². The van der Waals surface area contributed by atoms with Gasteiger partial charge in [-0.05, 0) is 36.8 Å². The number of imidazole rings is 1. The summed E-state index contributed by atoms with van der Waals surface area (Å²) in [5.74, 6) is -0.381. The standard InChI is InChI=1S/C16H16N4O2S/c1-10-13(15(21)22-2)14(19-16(23)18-10)11-3-5-12(6-4-11)20-8-7-17-9-20/h3-9,14H,1-2H3,(H2,18,19,23)/t14-/m1/s1. The molecule has 1 aromatic heterocycles. The fourth-order valence-corrected chi connectivity index (χ4v) is 2.85. The topological polar surface area (TPSA) is 68.2 Å². The zero-order chi connectivity index (χ0) is 16.4. The second kappa shape index (κ2) is 6.21. The molecule has 2 aromatic rings. The van der Waals surface area contributed by atoms with Gasteiger partial charge in [-0.25, -0.2) is 9.78 Å². The van der Waals surface area contributed by atoms with E-state index in [4.69, 9.17) is 17.0 Å². The van der Waals surface area contributed by atoms with Gasteiger partial charge in [0.15, 0.2) is 5.11 Å². The van der Waals surface area contributed by atoms with E-state index in [0.29, 0.717) is 16.4 Å². The lowest BCUT2D eigenvalue weighted by molar-refractivity contribution is -0.136. The maximum atomic E-state index is 12.1. The van der Waals surface area contributed by atoms with Crippen LogP contribution < -0.4 is 10.6 Å². The fourth-order valence-electron chi connectivity index (χ4n) is 2.58. The highest BCUT2D eigenvalue weighted by molar-refractivity contribution is 7.80. The minimum Gasteiger partial charge on any atom is -0.466 e. The molecule has 0 spiro atoms. The first-order valence-electron chi connectivity index (χ1n) is 7.05. The Morgan fingerprint density at radius 3 is 2.70 bits per heavy atom. The van der Waals surface area contributed by atoms with E-state index in [1.165, 1.54) is 7.11 Å². The van der Waals surface area contributed by atoms with Gasteiger partial charge in [-0.2, -0.15) is 0 Å². The number of carbonyl (C=O) groups is 1. The van der Waals surface area contributed by atoms with Gasteiger partial charge in [0.25, 0.3) is 0 Å². The number of ether oxygens (including phenoxy) is 1. The lowest BCUT2D eigenvalue weighted by atomic mass is 9.95. The molecule has 1 aliphatic heterocycles. The summed E-state index contributed by atoms with van der Waals surface area (Å²) in [5.41, 5.74) is 3.14. The summed E-state index contributed by atoms with van der Waals surface area (Å²) in [5, 5.41) is 6.57. The van der Waals surface area contributed by atoms with Crippen LogP contribution in [0.2, 0.25) is 0 Å². The second-order valence-corrected chi connectivity index (χ2v) is 5.53. The summed E-state index contributed by atoms with van der Waals surface area (Å²) in [4.78, 5) is 16.1. The average Bonchev–Trinajstić information content (AvgIpc) is 3.08. The molecule has 3 rings (SSSR count). The van der Waals surface area contributed by atoms with Gasteiger partial charge < -0.3 is 19.9 Å². The summed E-state index contributed by atoms with van der Waals surface area (Å²) in [6, 6.07) is 7.50. The summed E-state index contributed by atoms with van der Waals surface area (Å²) in [6.07, 6.45) is 5.33. The summed E-state index contributed by atoms with van der Waals surface area (Å²) >= 11 is 5.21. The zero-order valence-corrected chi connectivity index (χ0v) is 13.6. The Bertz CT molecular complexity index is 766. The number of thiocarbonyl (C=S) groups is 1. The monoisotopic (exact) mass is 328 g/mol. The smallest absolute Gasteiger partial charge is 0.337 e. The number of carbonyl (C=O) groups excluding carboxylic acids is 1. The van der Waals surface area contributed by atoms with Gasteiger partial charge in [0.2, 0.25) is 0 Å². The third-order valence-corrected chi connectivity index (χ3v) is 3.92. The number of allylic oxidation sites excluding steroid dienone is 1. The van der Waals surface area contributed by atoms with Crippen LogP contribution in [0, 0.1) is 0 Å². The summed E-state index contributed by atoms with van der Waals surface area (Å²) < 4.78 is 6.81. The van der Waals surface area contributed by atoms with Gasteiger partial charge >= 0.3 is 5.97 Å². The lowest BCUT2D eigenvalue weighted by Gasteiger charge is -2.29. The fraction of sp³-hybridized carbons (Fsp3) is 0.188. The van der Waals surface area contributed by atoms with Crippen LogP contribution in [0.4, 0.5) is 0 Å². The van der Waals surface area contributed by atoms with Gasteiger partial charge in [0.05, 0.1) is 25.1 Å². The van der Waals surface area contributed by atoms with Crippen LogP contribution in [-0.2, 0) is 9.53 Å². The maximum absolute atomic E-state index is 12.1. The zero-order valence-electron chi connectivity index (χ0n) is 12.7. The molecule has 2 heterocycles. The van der Waals surface area contributed by atoms with Gasteiger partial charge in [-0.1, -0.05) is 12.1 Å². The highest BCUT2D eigenvalue weighted by atomic mass is 32.1. The number of nitrogens with zero attached hydrogens (tertiary/aromatic N) is 2. The first-order valence-corrected chi connectivity index (χ1v) is 7.46. The summed E-state index contributed by atoms with van der Waals surface area (Å²) in [7, 11) is 1.37. The molecular weight excluding hydrogens is 312 g/mol. The highest BCUT2D eigenvalue weighted by Crippen LogP contribution is 2.28. The molecule has 0 fully saturated rings.